The van der Waals surface area contributed by atoms with E-state index < -0.39 is 0 Å². The van der Waals surface area contributed by atoms with Gasteiger partial charge in [-0.05, 0) is 49.7 Å². The number of rotatable bonds is 3. The maximum atomic E-state index is 6.17. The fourth-order valence-electron chi connectivity index (χ4n) is 2.61. The second-order valence-electron chi connectivity index (χ2n) is 6.30. The highest BCUT2D eigenvalue weighted by Gasteiger charge is 2.28. The van der Waals surface area contributed by atoms with E-state index in [9.17, 15) is 0 Å². The van der Waals surface area contributed by atoms with Gasteiger partial charge in [0, 0.05) is 12.1 Å². The van der Waals surface area contributed by atoms with Gasteiger partial charge < -0.3 is 10.5 Å². The minimum absolute atomic E-state index is 0.366. The van der Waals surface area contributed by atoms with Crippen molar-refractivity contribution < 1.29 is 4.74 Å². The van der Waals surface area contributed by atoms with Crippen LogP contribution in [0.3, 0.4) is 0 Å². The van der Waals surface area contributed by atoms with E-state index in [1.165, 1.54) is 18.4 Å². The van der Waals surface area contributed by atoms with Crippen LogP contribution in [0.5, 0.6) is 5.75 Å². The van der Waals surface area contributed by atoms with E-state index in [2.05, 4.69) is 39.0 Å². The average molecular weight is 247 g/mol. The number of hydrogen-bond acceptors (Lipinski definition) is 2. The predicted octanol–water partition coefficient (Wildman–Crippen LogP) is 3.80. The molecule has 0 bridgehead atoms. The molecular weight excluding hydrogens is 222 g/mol. The lowest BCUT2D eigenvalue weighted by atomic mass is 9.76. The molecule has 2 nitrogen and oxygen atoms in total. The summed E-state index contributed by atoms with van der Waals surface area (Å²) in [6, 6.07) is 6.29. The van der Waals surface area contributed by atoms with Gasteiger partial charge in [0.2, 0.25) is 0 Å². The average Bonchev–Trinajstić information content (AvgIpc) is 2.32. The molecule has 18 heavy (non-hydrogen) atoms. The molecule has 0 spiro atoms. The zero-order valence-electron chi connectivity index (χ0n) is 11.8. The van der Waals surface area contributed by atoms with Crippen molar-refractivity contribution >= 4 is 0 Å². The molecule has 0 aromatic heterocycles. The molecule has 0 atom stereocenters. The molecule has 1 aromatic rings. The molecule has 2 heteroatoms. The van der Waals surface area contributed by atoms with Gasteiger partial charge in [-0.3, -0.25) is 0 Å². The van der Waals surface area contributed by atoms with Crippen LogP contribution in [-0.2, 0) is 6.54 Å². The third kappa shape index (κ3) is 3.26. The van der Waals surface area contributed by atoms with Crippen molar-refractivity contribution in [3.63, 3.8) is 0 Å². The van der Waals surface area contributed by atoms with Gasteiger partial charge in [-0.15, -0.1) is 0 Å². The van der Waals surface area contributed by atoms with Crippen LogP contribution in [-0.4, -0.2) is 6.10 Å². The van der Waals surface area contributed by atoms with Crippen LogP contribution in [0.1, 0.15) is 50.7 Å². The Labute approximate surface area is 111 Å². The van der Waals surface area contributed by atoms with Crippen LogP contribution < -0.4 is 10.5 Å². The summed E-state index contributed by atoms with van der Waals surface area (Å²) in [6.45, 7) is 7.34. The zero-order valence-corrected chi connectivity index (χ0v) is 11.8. The van der Waals surface area contributed by atoms with Gasteiger partial charge >= 0.3 is 0 Å². The Hall–Kier alpha value is -1.02. The summed E-state index contributed by atoms with van der Waals surface area (Å²) in [6.07, 6.45) is 5.18. The van der Waals surface area contributed by atoms with Crippen LogP contribution in [0.4, 0.5) is 0 Å². The fourth-order valence-corrected chi connectivity index (χ4v) is 2.61. The van der Waals surface area contributed by atoms with E-state index in [1.54, 1.807) is 0 Å². The van der Waals surface area contributed by atoms with Crippen LogP contribution in [0, 0.1) is 12.3 Å². The first-order chi connectivity index (χ1) is 8.50. The van der Waals surface area contributed by atoms with Crippen molar-refractivity contribution in [2.24, 2.45) is 11.1 Å². The minimum Gasteiger partial charge on any atom is -0.490 e. The predicted molar refractivity (Wildman–Crippen MR) is 75.7 cm³/mol. The SMILES string of the molecule is Cc1ccc(CN)c(OC2CCC(C)(C)CC2)c1. The molecule has 1 aliphatic rings. The lowest BCUT2D eigenvalue weighted by molar-refractivity contribution is 0.0979. The molecule has 0 heterocycles. The van der Waals surface area contributed by atoms with E-state index in [0.29, 0.717) is 18.1 Å². The van der Waals surface area contributed by atoms with Gasteiger partial charge in [0.15, 0.2) is 0 Å². The quantitative estimate of drug-likeness (QED) is 0.881. The van der Waals surface area contributed by atoms with Crippen LogP contribution >= 0.6 is 0 Å². The smallest absolute Gasteiger partial charge is 0.124 e. The lowest BCUT2D eigenvalue weighted by Gasteiger charge is -2.34. The van der Waals surface area contributed by atoms with Gasteiger partial charge in [-0.25, -0.2) is 0 Å². The summed E-state index contributed by atoms with van der Waals surface area (Å²) in [5.41, 5.74) is 8.61. The molecule has 2 N–H and O–H groups in total. The highest BCUT2D eigenvalue weighted by molar-refractivity contribution is 5.37. The van der Waals surface area contributed by atoms with Crippen LogP contribution in [0.2, 0.25) is 0 Å². The minimum atomic E-state index is 0.366. The fraction of sp³-hybridized carbons (Fsp3) is 0.625. The second kappa shape index (κ2) is 5.31. The van der Waals surface area contributed by atoms with Crippen molar-refractivity contribution in [1.82, 2.24) is 0 Å². The molecule has 1 aromatic carbocycles. The standard InChI is InChI=1S/C16H25NO/c1-12-4-5-13(11-17)15(10-12)18-14-6-8-16(2,3)9-7-14/h4-5,10,14H,6-9,11,17H2,1-3H3. The summed E-state index contributed by atoms with van der Waals surface area (Å²) >= 11 is 0. The third-order valence-corrected chi connectivity index (χ3v) is 4.02. The third-order valence-electron chi connectivity index (χ3n) is 4.02. The summed E-state index contributed by atoms with van der Waals surface area (Å²) in [4.78, 5) is 0. The molecule has 0 radical (unpaired) electrons. The zero-order chi connectivity index (χ0) is 13.2. The van der Waals surface area contributed by atoms with E-state index in [0.717, 1.165) is 24.2 Å². The van der Waals surface area contributed by atoms with E-state index in [1.807, 2.05) is 0 Å². The Balaban J connectivity index is 2.04. The highest BCUT2D eigenvalue weighted by Crippen LogP contribution is 2.37. The number of benzene rings is 1. The molecule has 0 unspecified atom stereocenters. The Bertz CT molecular complexity index is 402. The lowest BCUT2D eigenvalue weighted by Crippen LogP contribution is -2.28. The molecule has 0 saturated heterocycles. The molecule has 1 aliphatic carbocycles. The molecule has 1 fully saturated rings. The van der Waals surface area contributed by atoms with Gasteiger partial charge in [0.05, 0.1) is 6.10 Å². The summed E-state index contributed by atoms with van der Waals surface area (Å²) in [5.74, 6) is 0.988. The normalized spacial score (nSPS) is 19.8. The van der Waals surface area contributed by atoms with Crippen molar-refractivity contribution in [3.05, 3.63) is 29.3 Å². The Morgan fingerprint density at radius 1 is 1.28 bits per heavy atom. The van der Waals surface area contributed by atoms with Gasteiger partial charge in [-0.2, -0.15) is 0 Å². The topological polar surface area (TPSA) is 35.2 Å². The number of aryl methyl sites for hydroxylation is 1. The first-order valence-electron chi connectivity index (χ1n) is 6.96. The maximum Gasteiger partial charge on any atom is 0.124 e. The monoisotopic (exact) mass is 247 g/mol. The molecule has 2 rings (SSSR count). The van der Waals surface area contributed by atoms with Crippen LogP contribution in [0.25, 0.3) is 0 Å². The van der Waals surface area contributed by atoms with E-state index in [-0.39, 0.29) is 0 Å². The Morgan fingerprint density at radius 3 is 2.56 bits per heavy atom. The molecule has 0 amide bonds. The molecule has 100 valence electrons. The van der Waals surface area contributed by atoms with Crippen molar-refractivity contribution in [2.75, 3.05) is 0 Å². The maximum absolute atomic E-state index is 6.17. The molecule has 1 saturated carbocycles. The summed E-state index contributed by atoms with van der Waals surface area (Å²) in [7, 11) is 0. The van der Waals surface area contributed by atoms with Crippen LogP contribution in [0.15, 0.2) is 18.2 Å². The van der Waals surface area contributed by atoms with Crippen molar-refractivity contribution in [1.29, 1.82) is 0 Å². The number of nitrogens with two attached hydrogens (primary N) is 1. The Morgan fingerprint density at radius 2 is 1.94 bits per heavy atom. The van der Waals surface area contributed by atoms with Crippen molar-refractivity contribution in [2.45, 2.75) is 59.1 Å². The second-order valence-corrected chi connectivity index (χ2v) is 6.30. The van der Waals surface area contributed by atoms with Gasteiger partial charge in [0.1, 0.15) is 5.75 Å². The summed E-state index contributed by atoms with van der Waals surface area (Å²) < 4.78 is 6.17. The number of hydrogen-bond donors (Lipinski definition) is 1. The summed E-state index contributed by atoms with van der Waals surface area (Å²) in [5, 5.41) is 0. The number of ether oxygens (including phenoxy) is 1. The van der Waals surface area contributed by atoms with Gasteiger partial charge in [-0.1, -0.05) is 26.0 Å². The van der Waals surface area contributed by atoms with E-state index in [4.69, 9.17) is 10.5 Å². The first-order valence-corrected chi connectivity index (χ1v) is 6.96. The molecule has 0 aliphatic heterocycles. The molecular formula is C16H25NO. The Kier molecular flexibility index (Phi) is 3.96. The largest absolute Gasteiger partial charge is 0.490 e. The van der Waals surface area contributed by atoms with Crippen molar-refractivity contribution in [3.8, 4) is 5.75 Å². The first kappa shape index (κ1) is 13.4. The van der Waals surface area contributed by atoms with E-state index >= 15 is 0 Å². The highest BCUT2D eigenvalue weighted by atomic mass is 16.5. The van der Waals surface area contributed by atoms with Gasteiger partial charge in [0.25, 0.3) is 0 Å².